The van der Waals surface area contributed by atoms with Crippen molar-refractivity contribution in [2.24, 2.45) is 0 Å². The second kappa shape index (κ2) is 7.77. The number of rotatable bonds is 6. The van der Waals surface area contributed by atoms with Gasteiger partial charge in [-0.2, -0.15) is 0 Å². The van der Waals surface area contributed by atoms with Crippen LogP contribution in [0.3, 0.4) is 0 Å². The largest absolute Gasteiger partial charge is 0.383 e. The summed E-state index contributed by atoms with van der Waals surface area (Å²) < 4.78 is 6.20. The van der Waals surface area contributed by atoms with Gasteiger partial charge in [0.2, 0.25) is 5.91 Å². The van der Waals surface area contributed by atoms with Crippen LogP contribution in [0.4, 0.5) is 0 Å². The van der Waals surface area contributed by atoms with Gasteiger partial charge in [0, 0.05) is 29.6 Å². The van der Waals surface area contributed by atoms with Crippen LogP contribution in [-0.2, 0) is 16.1 Å². The smallest absolute Gasteiger partial charge is 0.263 e. The van der Waals surface area contributed by atoms with Gasteiger partial charge >= 0.3 is 0 Å². The van der Waals surface area contributed by atoms with Crippen LogP contribution in [0.2, 0.25) is 5.02 Å². The van der Waals surface area contributed by atoms with Crippen molar-refractivity contribution in [2.45, 2.75) is 6.54 Å². The Labute approximate surface area is 153 Å². The third-order valence-corrected chi connectivity index (χ3v) is 4.80. The van der Waals surface area contributed by atoms with Gasteiger partial charge in [-0.15, -0.1) is 11.3 Å². The lowest BCUT2D eigenvalue weighted by molar-refractivity contribution is -0.121. The van der Waals surface area contributed by atoms with Crippen LogP contribution >= 0.6 is 22.9 Å². The lowest BCUT2D eigenvalue weighted by Crippen LogP contribution is -2.34. The zero-order valence-electron chi connectivity index (χ0n) is 13.5. The molecule has 0 aliphatic rings. The van der Waals surface area contributed by atoms with E-state index in [4.69, 9.17) is 16.3 Å². The summed E-state index contributed by atoms with van der Waals surface area (Å²) in [5, 5.41) is 5.73. The molecule has 0 spiro atoms. The maximum absolute atomic E-state index is 12.8. The van der Waals surface area contributed by atoms with E-state index in [1.165, 1.54) is 22.2 Å². The molecule has 0 saturated carbocycles. The molecule has 1 amide bonds. The minimum atomic E-state index is -0.261. The molecule has 1 aromatic carbocycles. The Morgan fingerprint density at radius 1 is 1.36 bits per heavy atom. The van der Waals surface area contributed by atoms with Crippen LogP contribution in [0.25, 0.3) is 21.3 Å². The number of amides is 1. The number of thiophene rings is 1. The molecule has 8 heteroatoms. The zero-order chi connectivity index (χ0) is 17.8. The van der Waals surface area contributed by atoms with Crippen LogP contribution in [0.5, 0.6) is 0 Å². The van der Waals surface area contributed by atoms with Gasteiger partial charge in [0.15, 0.2) is 0 Å². The number of methoxy groups -OCH3 is 1. The standard InChI is InChI=1S/C17H16ClN3O3S/c1-24-7-6-19-14(22)8-21-10-20-16-15(17(21)23)13(9-25-16)11-2-4-12(18)5-3-11/h2-5,9-10H,6-8H2,1H3,(H,19,22). The highest BCUT2D eigenvalue weighted by Gasteiger charge is 2.14. The van der Waals surface area contributed by atoms with Crippen LogP contribution in [0, 0.1) is 0 Å². The summed E-state index contributed by atoms with van der Waals surface area (Å²) in [7, 11) is 1.56. The number of fused-ring (bicyclic) bond motifs is 1. The Hall–Kier alpha value is -2.22. The van der Waals surface area contributed by atoms with Gasteiger partial charge in [-0.25, -0.2) is 4.98 Å². The fraction of sp³-hybridized carbons (Fsp3) is 0.235. The number of nitrogens with one attached hydrogen (secondary N) is 1. The lowest BCUT2D eigenvalue weighted by Gasteiger charge is -2.07. The highest BCUT2D eigenvalue weighted by atomic mass is 35.5. The molecule has 0 fully saturated rings. The Morgan fingerprint density at radius 2 is 2.12 bits per heavy atom. The van der Waals surface area contributed by atoms with Gasteiger partial charge in [-0.1, -0.05) is 23.7 Å². The summed E-state index contributed by atoms with van der Waals surface area (Å²) in [5.41, 5.74) is 1.44. The Kier molecular flexibility index (Phi) is 5.47. The highest BCUT2D eigenvalue weighted by molar-refractivity contribution is 7.17. The number of benzene rings is 1. The number of ether oxygens (including phenoxy) is 1. The van der Waals surface area contributed by atoms with E-state index in [1.807, 2.05) is 17.5 Å². The number of aromatic nitrogens is 2. The summed E-state index contributed by atoms with van der Waals surface area (Å²) in [5.74, 6) is -0.261. The highest BCUT2D eigenvalue weighted by Crippen LogP contribution is 2.31. The van der Waals surface area contributed by atoms with E-state index >= 15 is 0 Å². The molecule has 0 atom stereocenters. The SMILES string of the molecule is COCCNC(=O)Cn1cnc2scc(-c3ccc(Cl)cc3)c2c1=O. The molecule has 0 saturated heterocycles. The zero-order valence-corrected chi connectivity index (χ0v) is 15.1. The number of hydrogen-bond donors (Lipinski definition) is 1. The first-order valence-electron chi connectivity index (χ1n) is 7.58. The fourth-order valence-corrected chi connectivity index (χ4v) is 3.46. The first-order chi connectivity index (χ1) is 12.1. The number of hydrogen-bond acceptors (Lipinski definition) is 5. The minimum absolute atomic E-state index is 0.0820. The van der Waals surface area contributed by atoms with Crippen molar-refractivity contribution in [1.29, 1.82) is 0 Å². The molecule has 2 heterocycles. The van der Waals surface area contributed by atoms with E-state index < -0.39 is 0 Å². The van der Waals surface area contributed by atoms with E-state index in [2.05, 4.69) is 10.3 Å². The molecule has 130 valence electrons. The molecule has 3 aromatic rings. The Bertz CT molecular complexity index is 950. The first-order valence-corrected chi connectivity index (χ1v) is 8.84. The van der Waals surface area contributed by atoms with Gasteiger partial charge in [0.05, 0.1) is 18.3 Å². The van der Waals surface area contributed by atoms with Crippen LogP contribution in [-0.4, -0.2) is 35.7 Å². The lowest BCUT2D eigenvalue weighted by atomic mass is 10.1. The summed E-state index contributed by atoms with van der Waals surface area (Å²) in [6.07, 6.45) is 1.41. The number of carbonyl (C=O) groups excluding carboxylic acids is 1. The molecule has 0 radical (unpaired) electrons. The molecule has 0 bridgehead atoms. The summed E-state index contributed by atoms with van der Waals surface area (Å²) >= 11 is 7.33. The third-order valence-electron chi connectivity index (χ3n) is 3.66. The fourth-order valence-electron chi connectivity index (χ4n) is 2.43. The van der Waals surface area contributed by atoms with E-state index in [9.17, 15) is 9.59 Å². The normalized spacial score (nSPS) is 11.0. The van der Waals surface area contributed by atoms with E-state index in [0.717, 1.165) is 11.1 Å². The predicted octanol–water partition coefficient (Wildman–Crippen LogP) is 2.54. The summed E-state index contributed by atoms with van der Waals surface area (Å²) in [4.78, 5) is 29.7. The first kappa shape index (κ1) is 17.6. The summed E-state index contributed by atoms with van der Waals surface area (Å²) in [6.45, 7) is 0.735. The molecule has 25 heavy (non-hydrogen) atoms. The van der Waals surface area contributed by atoms with Gasteiger partial charge < -0.3 is 10.1 Å². The molecular formula is C17H16ClN3O3S. The van der Waals surface area contributed by atoms with Gasteiger partial charge in [-0.3, -0.25) is 14.2 Å². The van der Waals surface area contributed by atoms with Crippen molar-refractivity contribution < 1.29 is 9.53 Å². The van der Waals surface area contributed by atoms with E-state index in [0.29, 0.717) is 28.4 Å². The second-order valence-corrected chi connectivity index (χ2v) is 6.65. The molecule has 0 unspecified atom stereocenters. The van der Waals surface area contributed by atoms with Crippen molar-refractivity contribution in [1.82, 2.24) is 14.9 Å². The number of nitrogens with zero attached hydrogens (tertiary/aromatic N) is 2. The molecule has 0 aliphatic carbocycles. The Morgan fingerprint density at radius 3 is 2.84 bits per heavy atom. The van der Waals surface area contributed by atoms with E-state index in [-0.39, 0.29) is 18.0 Å². The van der Waals surface area contributed by atoms with Crippen LogP contribution < -0.4 is 10.9 Å². The third kappa shape index (κ3) is 3.89. The average Bonchev–Trinajstić information content (AvgIpc) is 3.03. The molecule has 1 N–H and O–H groups in total. The van der Waals surface area contributed by atoms with Crippen molar-refractivity contribution in [3.8, 4) is 11.1 Å². The summed E-state index contributed by atoms with van der Waals surface area (Å²) in [6, 6.07) is 7.27. The van der Waals surface area contributed by atoms with E-state index in [1.54, 1.807) is 19.2 Å². The molecule has 0 aliphatic heterocycles. The number of carbonyl (C=O) groups is 1. The monoisotopic (exact) mass is 377 g/mol. The van der Waals surface area contributed by atoms with Crippen molar-refractivity contribution in [3.05, 3.63) is 51.3 Å². The number of halogens is 1. The molecule has 6 nitrogen and oxygen atoms in total. The van der Waals surface area contributed by atoms with Crippen LogP contribution in [0.1, 0.15) is 0 Å². The predicted molar refractivity (Wildman–Crippen MR) is 99.2 cm³/mol. The maximum Gasteiger partial charge on any atom is 0.263 e. The van der Waals surface area contributed by atoms with Gasteiger partial charge in [0.25, 0.3) is 5.56 Å². The second-order valence-electron chi connectivity index (χ2n) is 5.36. The van der Waals surface area contributed by atoms with Crippen molar-refractivity contribution in [3.63, 3.8) is 0 Å². The topological polar surface area (TPSA) is 73.2 Å². The van der Waals surface area contributed by atoms with Crippen LogP contribution in [0.15, 0.2) is 40.8 Å². The minimum Gasteiger partial charge on any atom is -0.383 e. The maximum atomic E-state index is 12.8. The molecule has 2 aromatic heterocycles. The van der Waals surface area contributed by atoms with Crippen molar-refractivity contribution >= 4 is 39.1 Å². The molecule has 3 rings (SSSR count). The average molecular weight is 378 g/mol. The van der Waals surface area contributed by atoms with Gasteiger partial charge in [-0.05, 0) is 17.7 Å². The van der Waals surface area contributed by atoms with Crippen molar-refractivity contribution in [2.75, 3.05) is 20.3 Å². The Balaban J connectivity index is 1.93. The quantitative estimate of drug-likeness (QED) is 0.670. The molecular weight excluding hydrogens is 362 g/mol. The van der Waals surface area contributed by atoms with Gasteiger partial charge in [0.1, 0.15) is 11.4 Å².